The minimum atomic E-state index is 0.136. The summed E-state index contributed by atoms with van der Waals surface area (Å²) < 4.78 is 0. The monoisotopic (exact) mass is 263 g/mol. The molecule has 0 saturated carbocycles. The van der Waals surface area contributed by atoms with Gasteiger partial charge >= 0.3 is 0 Å². The van der Waals surface area contributed by atoms with Crippen molar-refractivity contribution in [2.45, 2.75) is 26.3 Å². The quantitative estimate of drug-likeness (QED) is 0.868. The van der Waals surface area contributed by atoms with Crippen LogP contribution in [0.4, 0.5) is 11.6 Å². The molecular weight excluding hydrogens is 246 g/mol. The Morgan fingerprint density at radius 3 is 2.72 bits per heavy atom. The molecule has 0 saturated heterocycles. The first-order valence-corrected chi connectivity index (χ1v) is 6.75. The van der Waals surface area contributed by atoms with E-state index >= 15 is 0 Å². The van der Waals surface area contributed by atoms with Crippen LogP contribution < -0.4 is 10.6 Å². The zero-order valence-corrected chi connectivity index (χ0v) is 11.6. The van der Waals surface area contributed by atoms with E-state index in [-0.39, 0.29) is 6.04 Å². The molecule has 0 bridgehead atoms. The average molecular weight is 263 g/mol. The Bertz CT molecular complexity index is 511. The predicted octanol–water partition coefficient (Wildman–Crippen LogP) is 2.71. The number of aryl methyl sites for hydroxylation is 1. The summed E-state index contributed by atoms with van der Waals surface area (Å²) in [7, 11) is 1.82. The number of nitrogens with one attached hydrogen (secondary N) is 2. The summed E-state index contributed by atoms with van der Waals surface area (Å²) in [6, 6.07) is 0.136. The van der Waals surface area contributed by atoms with Gasteiger partial charge in [-0.2, -0.15) is 0 Å². The lowest BCUT2D eigenvalue weighted by Gasteiger charge is -2.12. The maximum absolute atomic E-state index is 4.42. The van der Waals surface area contributed by atoms with Crippen molar-refractivity contribution in [1.82, 2.24) is 15.0 Å². The van der Waals surface area contributed by atoms with Gasteiger partial charge in [0.05, 0.1) is 18.4 Å². The van der Waals surface area contributed by atoms with E-state index in [2.05, 4.69) is 39.4 Å². The second kappa shape index (κ2) is 5.77. The molecule has 0 fully saturated rings. The van der Waals surface area contributed by atoms with Gasteiger partial charge in [-0.25, -0.2) is 9.97 Å². The van der Waals surface area contributed by atoms with Crippen molar-refractivity contribution in [3.05, 3.63) is 28.5 Å². The van der Waals surface area contributed by atoms with Crippen molar-refractivity contribution >= 4 is 23.0 Å². The second-order valence-electron chi connectivity index (χ2n) is 3.92. The van der Waals surface area contributed by atoms with E-state index in [1.165, 1.54) is 4.88 Å². The SMILES string of the molecule is CCc1cnc(C(C)Nc2cncc(NC)n2)s1. The maximum Gasteiger partial charge on any atom is 0.147 e. The molecule has 0 spiro atoms. The topological polar surface area (TPSA) is 62.7 Å². The van der Waals surface area contributed by atoms with Crippen molar-refractivity contribution < 1.29 is 0 Å². The third-order valence-electron chi connectivity index (χ3n) is 2.55. The lowest BCUT2D eigenvalue weighted by Crippen LogP contribution is -2.08. The Labute approximate surface area is 111 Å². The lowest BCUT2D eigenvalue weighted by atomic mass is 10.3. The van der Waals surface area contributed by atoms with Crippen LogP contribution in [0.25, 0.3) is 0 Å². The summed E-state index contributed by atoms with van der Waals surface area (Å²) in [4.78, 5) is 14.2. The van der Waals surface area contributed by atoms with Gasteiger partial charge in [0.1, 0.15) is 16.6 Å². The molecule has 0 aliphatic rings. The minimum Gasteiger partial charge on any atom is -0.372 e. The van der Waals surface area contributed by atoms with Gasteiger partial charge in [0.25, 0.3) is 0 Å². The van der Waals surface area contributed by atoms with Crippen LogP contribution in [0.15, 0.2) is 18.6 Å². The molecule has 0 radical (unpaired) electrons. The van der Waals surface area contributed by atoms with Crippen LogP contribution in [0.3, 0.4) is 0 Å². The van der Waals surface area contributed by atoms with Crippen LogP contribution >= 0.6 is 11.3 Å². The van der Waals surface area contributed by atoms with Crippen molar-refractivity contribution in [2.75, 3.05) is 17.7 Å². The highest BCUT2D eigenvalue weighted by atomic mass is 32.1. The van der Waals surface area contributed by atoms with E-state index in [1.807, 2.05) is 13.2 Å². The molecule has 96 valence electrons. The van der Waals surface area contributed by atoms with E-state index in [0.29, 0.717) is 0 Å². The average Bonchev–Trinajstić information content (AvgIpc) is 2.88. The summed E-state index contributed by atoms with van der Waals surface area (Å²) >= 11 is 1.73. The standard InChI is InChI=1S/C12H17N5S/c1-4-9-5-15-12(18-9)8(2)16-11-7-14-6-10(13-3)17-11/h5-8H,4H2,1-3H3,(H2,13,16,17). The van der Waals surface area contributed by atoms with Crippen molar-refractivity contribution in [2.24, 2.45) is 0 Å². The second-order valence-corrected chi connectivity index (χ2v) is 5.07. The van der Waals surface area contributed by atoms with Gasteiger partial charge in [0.15, 0.2) is 0 Å². The molecule has 0 aliphatic heterocycles. The molecule has 18 heavy (non-hydrogen) atoms. The van der Waals surface area contributed by atoms with Gasteiger partial charge in [0.2, 0.25) is 0 Å². The number of hydrogen-bond donors (Lipinski definition) is 2. The molecule has 2 heterocycles. The third kappa shape index (κ3) is 2.95. The van der Waals surface area contributed by atoms with E-state index in [4.69, 9.17) is 0 Å². The minimum absolute atomic E-state index is 0.136. The zero-order valence-electron chi connectivity index (χ0n) is 10.8. The Morgan fingerprint density at radius 2 is 2.06 bits per heavy atom. The fourth-order valence-corrected chi connectivity index (χ4v) is 2.39. The smallest absolute Gasteiger partial charge is 0.147 e. The predicted molar refractivity (Wildman–Crippen MR) is 75.1 cm³/mol. The van der Waals surface area contributed by atoms with Crippen LogP contribution in [0.1, 0.15) is 29.8 Å². The van der Waals surface area contributed by atoms with Crippen LogP contribution in [0.5, 0.6) is 0 Å². The summed E-state index contributed by atoms with van der Waals surface area (Å²) in [6.07, 6.45) is 6.37. The normalized spacial score (nSPS) is 12.2. The number of thiazole rings is 1. The van der Waals surface area contributed by atoms with Gasteiger partial charge < -0.3 is 10.6 Å². The first kappa shape index (κ1) is 12.8. The van der Waals surface area contributed by atoms with E-state index in [9.17, 15) is 0 Å². The van der Waals surface area contributed by atoms with E-state index < -0.39 is 0 Å². The number of aromatic nitrogens is 3. The fourth-order valence-electron chi connectivity index (χ4n) is 1.53. The molecule has 2 N–H and O–H groups in total. The molecule has 2 aromatic rings. The molecule has 0 aliphatic carbocycles. The van der Waals surface area contributed by atoms with Gasteiger partial charge in [-0.3, -0.25) is 4.98 Å². The molecule has 5 nitrogen and oxygen atoms in total. The van der Waals surface area contributed by atoms with Gasteiger partial charge in [-0.15, -0.1) is 11.3 Å². The van der Waals surface area contributed by atoms with Crippen molar-refractivity contribution in [1.29, 1.82) is 0 Å². The van der Waals surface area contributed by atoms with Crippen LogP contribution in [-0.4, -0.2) is 22.0 Å². The van der Waals surface area contributed by atoms with E-state index in [0.717, 1.165) is 23.1 Å². The summed E-state index contributed by atoms with van der Waals surface area (Å²) in [5, 5.41) is 7.34. The molecule has 1 unspecified atom stereocenters. The molecule has 1 atom stereocenters. The van der Waals surface area contributed by atoms with E-state index in [1.54, 1.807) is 23.7 Å². The lowest BCUT2D eigenvalue weighted by molar-refractivity contribution is 0.858. The molecule has 0 amide bonds. The van der Waals surface area contributed by atoms with Crippen LogP contribution in [0, 0.1) is 0 Å². The van der Waals surface area contributed by atoms with Crippen molar-refractivity contribution in [3.63, 3.8) is 0 Å². The molecule has 2 rings (SSSR count). The molecule has 6 heteroatoms. The Kier molecular flexibility index (Phi) is 4.09. The first-order chi connectivity index (χ1) is 8.72. The summed E-state index contributed by atoms with van der Waals surface area (Å²) in [6.45, 7) is 4.21. The molecule has 0 aromatic carbocycles. The summed E-state index contributed by atoms with van der Waals surface area (Å²) in [5.74, 6) is 1.50. The number of rotatable bonds is 5. The fraction of sp³-hybridized carbons (Fsp3) is 0.417. The zero-order chi connectivity index (χ0) is 13.0. The first-order valence-electron chi connectivity index (χ1n) is 5.94. The highest BCUT2D eigenvalue weighted by molar-refractivity contribution is 7.11. The summed E-state index contributed by atoms with van der Waals surface area (Å²) in [5.41, 5.74) is 0. The largest absolute Gasteiger partial charge is 0.372 e. The van der Waals surface area contributed by atoms with Gasteiger partial charge in [-0.05, 0) is 13.3 Å². The van der Waals surface area contributed by atoms with Gasteiger partial charge in [0, 0.05) is 18.1 Å². The number of hydrogen-bond acceptors (Lipinski definition) is 6. The third-order valence-corrected chi connectivity index (χ3v) is 3.87. The van der Waals surface area contributed by atoms with Crippen LogP contribution in [-0.2, 0) is 6.42 Å². The molecular formula is C12H17N5S. The molecule has 2 aromatic heterocycles. The van der Waals surface area contributed by atoms with Crippen molar-refractivity contribution in [3.8, 4) is 0 Å². The highest BCUT2D eigenvalue weighted by Crippen LogP contribution is 2.23. The maximum atomic E-state index is 4.42. The highest BCUT2D eigenvalue weighted by Gasteiger charge is 2.10. The Balaban J connectivity index is 2.08. The Hall–Kier alpha value is -1.69. The number of nitrogens with zero attached hydrogens (tertiary/aromatic N) is 3. The van der Waals surface area contributed by atoms with Crippen LogP contribution in [0.2, 0.25) is 0 Å². The Morgan fingerprint density at radius 1 is 1.28 bits per heavy atom. The number of anilines is 2. The van der Waals surface area contributed by atoms with Gasteiger partial charge in [-0.1, -0.05) is 6.92 Å².